The van der Waals surface area contributed by atoms with Crippen LogP contribution in [-0.4, -0.2) is 67.7 Å². The standard InChI is InChI=1S/C31H26F4N8O2/c32-23-4-9-27(28(33)15-23)30(45,19-43-20-38-39-40-43)31(34,35)29-10-3-22(16-37-29)21-1-6-25(7-2-21)41-11-13-42(14-12-41)26-8-5-24(18-44)36-17-26/h1-10,15-18,20,45H,11-14,19H2. The van der Waals surface area contributed by atoms with E-state index in [0.717, 1.165) is 72.3 Å². The largest absolute Gasteiger partial charge is 0.377 e. The molecule has 0 amide bonds. The van der Waals surface area contributed by atoms with E-state index < -0.39 is 41.0 Å². The third kappa shape index (κ3) is 5.83. The number of aromatic nitrogens is 6. The fourth-order valence-corrected chi connectivity index (χ4v) is 5.37. The lowest BCUT2D eigenvalue weighted by Crippen LogP contribution is -2.48. The van der Waals surface area contributed by atoms with Gasteiger partial charge >= 0.3 is 5.92 Å². The number of carbonyl (C=O) groups excluding carboxylic acids is 1. The number of halogens is 4. The summed E-state index contributed by atoms with van der Waals surface area (Å²) in [6.07, 6.45) is 4.65. The molecular formula is C31H26F4N8O2. The van der Waals surface area contributed by atoms with Gasteiger partial charge in [0, 0.05) is 55.3 Å². The van der Waals surface area contributed by atoms with Crippen molar-refractivity contribution in [2.45, 2.75) is 18.1 Å². The summed E-state index contributed by atoms with van der Waals surface area (Å²) in [6.45, 7) is 2.14. The maximum absolute atomic E-state index is 16.0. The fraction of sp³-hybridized carbons (Fsp3) is 0.226. The molecule has 14 heteroatoms. The summed E-state index contributed by atoms with van der Waals surface area (Å²) in [5, 5.41) is 21.7. The number of hydrogen-bond acceptors (Lipinski definition) is 9. The van der Waals surface area contributed by atoms with E-state index >= 15 is 8.78 Å². The van der Waals surface area contributed by atoms with E-state index in [1.807, 2.05) is 30.3 Å². The van der Waals surface area contributed by atoms with E-state index in [0.29, 0.717) is 23.6 Å². The van der Waals surface area contributed by atoms with E-state index in [-0.39, 0.29) is 0 Å². The van der Waals surface area contributed by atoms with Crippen LogP contribution in [0.4, 0.5) is 28.9 Å². The lowest BCUT2D eigenvalue weighted by molar-refractivity contribution is -0.207. The number of piperazine rings is 1. The molecule has 1 fully saturated rings. The van der Waals surface area contributed by atoms with Crippen molar-refractivity contribution in [2.75, 3.05) is 36.0 Å². The molecule has 3 aromatic heterocycles. The molecule has 1 aliphatic heterocycles. The van der Waals surface area contributed by atoms with Crippen molar-refractivity contribution in [3.63, 3.8) is 0 Å². The monoisotopic (exact) mass is 618 g/mol. The molecule has 0 bridgehead atoms. The number of rotatable bonds is 9. The Hall–Kier alpha value is -5.24. The Balaban J connectivity index is 1.18. The van der Waals surface area contributed by atoms with Crippen LogP contribution in [0.1, 0.15) is 21.7 Å². The van der Waals surface area contributed by atoms with Gasteiger partial charge in [0.15, 0.2) is 11.9 Å². The average Bonchev–Trinajstić information content (AvgIpc) is 3.58. The molecule has 1 aliphatic rings. The quantitative estimate of drug-likeness (QED) is 0.192. The van der Waals surface area contributed by atoms with Crippen LogP contribution >= 0.6 is 0 Å². The smallest absolute Gasteiger partial charge is 0.323 e. The van der Waals surface area contributed by atoms with Crippen molar-refractivity contribution in [2.24, 2.45) is 0 Å². The first-order valence-corrected chi connectivity index (χ1v) is 13.9. The highest BCUT2D eigenvalue weighted by molar-refractivity contribution is 5.72. The molecular weight excluding hydrogens is 592 g/mol. The summed E-state index contributed by atoms with van der Waals surface area (Å²) in [4.78, 5) is 23.4. The average molecular weight is 619 g/mol. The number of nitrogens with zero attached hydrogens (tertiary/aromatic N) is 8. The fourth-order valence-electron chi connectivity index (χ4n) is 5.37. The summed E-state index contributed by atoms with van der Waals surface area (Å²) in [5.74, 6) is -6.48. The Morgan fingerprint density at radius 2 is 1.51 bits per heavy atom. The van der Waals surface area contributed by atoms with Crippen LogP contribution in [0.3, 0.4) is 0 Å². The Kier molecular flexibility index (Phi) is 7.97. The van der Waals surface area contributed by atoms with Gasteiger partial charge in [-0.3, -0.25) is 14.8 Å². The third-order valence-electron chi connectivity index (χ3n) is 7.87. The highest BCUT2D eigenvalue weighted by Gasteiger charge is 2.58. The Bertz CT molecular complexity index is 1760. The molecule has 6 rings (SSSR count). The summed E-state index contributed by atoms with van der Waals surface area (Å²) in [5.41, 5.74) is -1.25. The highest BCUT2D eigenvalue weighted by atomic mass is 19.3. The number of benzene rings is 2. The second-order valence-electron chi connectivity index (χ2n) is 10.6. The van der Waals surface area contributed by atoms with Crippen molar-refractivity contribution in [3.05, 3.63) is 114 Å². The molecule has 0 aliphatic carbocycles. The third-order valence-corrected chi connectivity index (χ3v) is 7.87. The lowest BCUT2D eigenvalue weighted by atomic mass is 9.84. The van der Waals surface area contributed by atoms with Crippen LogP contribution in [0.5, 0.6) is 0 Å². The topological polar surface area (TPSA) is 113 Å². The number of pyridine rings is 2. The number of aldehydes is 1. The number of alkyl halides is 2. The molecule has 1 saturated heterocycles. The SMILES string of the molecule is O=Cc1ccc(N2CCN(c3ccc(-c4ccc(C(F)(F)C(O)(Cn5cnnn5)c5ccc(F)cc5F)nc4)cc3)CC2)cn1. The second-order valence-corrected chi connectivity index (χ2v) is 10.6. The molecule has 0 spiro atoms. The molecule has 0 saturated carbocycles. The maximum atomic E-state index is 16.0. The van der Waals surface area contributed by atoms with Gasteiger partial charge in [0.05, 0.1) is 18.4 Å². The van der Waals surface area contributed by atoms with Crippen molar-refractivity contribution < 1.29 is 27.5 Å². The first-order chi connectivity index (χ1) is 21.7. The van der Waals surface area contributed by atoms with Gasteiger partial charge in [-0.25, -0.2) is 13.5 Å². The predicted molar refractivity (Wildman–Crippen MR) is 156 cm³/mol. The number of carbonyl (C=O) groups is 1. The molecule has 230 valence electrons. The molecule has 2 aromatic carbocycles. The van der Waals surface area contributed by atoms with Crippen LogP contribution in [-0.2, 0) is 18.1 Å². The molecule has 5 aromatic rings. The Morgan fingerprint density at radius 3 is 2.09 bits per heavy atom. The van der Waals surface area contributed by atoms with Crippen molar-refractivity contribution in [3.8, 4) is 11.1 Å². The molecule has 10 nitrogen and oxygen atoms in total. The predicted octanol–water partition coefficient (Wildman–Crippen LogP) is 4.23. The van der Waals surface area contributed by atoms with Crippen LogP contribution < -0.4 is 9.80 Å². The zero-order valence-electron chi connectivity index (χ0n) is 23.6. The normalized spacial score (nSPS) is 15.1. The first-order valence-electron chi connectivity index (χ1n) is 13.9. The minimum atomic E-state index is -4.14. The van der Waals surface area contributed by atoms with Crippen LogP contribution in [0.25, 0.3) is 11.1 Å². The van der Waals surface area contributed by atoms with Gasteiger partial charge in [-0.2, -0.15) is 8.78 Å². The van der Waals surface area contributed by atoms with Gasteiger partial charge in [0.25, 0.3) is 0 Å². The lowest BCUT2D eigenvalue weighted by Gasteiger charge is -2.37. The van der Waals surface area contributed by atoms with Gasteiger partial charge < -0.3 is 14.9 Å². The molecule has 1 N–H and O–H groups in total. The van der Waals surface area contributed by atoms with E-state index in [1.54, 1.807) is 12.3 Å². The van der Waals surface area contributed by atoms with Gasteiger partial charge in [-0.15, -0.1) is 5.10 Å². The van der Waals surface area contributed by atoms with Crippen LogP contribution in [0.15, 0.2) is 85.5 Å². The minimum absolute atomic E-state index is 0.388. The molecule has 4 heterocycles. The highest BCUT2D eigenvalue weighted by Crippen LogP contribution is 2.47. The summed E-state index contributed by atoms with van der Waals surface area (Å²) in [6, 6.07) is 15.6. The van der Waals surface area contributed by atoms with Crippen molar-refractivity contribution in [1.82, 2.24) is 30.2 Å². The minimum Gasteiger partial charge on any atom is -0.377 e. The van der Waals surface area contributed by atoms with Gasteiger partial charge in [-0.05, 0) is 58.5 Å². The first kappa shape index (κ1) is 29.8. The van der Waals surface area contributed by atoms with Gasteiger partial charge in [-0.1, -0.05) is 18.2 Å². The molecule has 45 heavy (non-hydrogen) atoms. The summed E-state index contributed by atoms with van der Waals surface area (Å²) in [7, 11) is 0. The number of hydrogen-bond donors (Lipinski definition) is 1. The molecule has 1 unspecified atom stereocenters. The zero-order chi connectivity index (χ0) is 31.6. The number of aliphatic hydroxyl groups is 1. The van der Waals surface area contributed by atoms with Crippen molar-refractivity contribution >= 4 is 17.7 Å². The number of tetrazole rings is 1. The van der Waals surface area contributed by atoms with Crippen LogP contribution in [0, 0.1) is 11.6 Å². The van der Waals surface area contributed by atoms with Gasteiger partial charge in [0.2, 0.25) is 0 Å². The Morgan fingerprint density at radius 1 is 0.822 bits per heavy atom. The zero-order valence-corrected chi connectivity index (χ0v) is 23.6. The summed E-state index contributed by atoms with van der Waals surface area (Å²) >= 11 is 0. The van der Waals surface area contributed by atoms with E-state index in [1.165, 1.54) is 12.3 Å². The Labute approximate surface area is 254 Å². The molecule has 1 atom stereocenters. The maximum Gasteiger partial charge on any atom is 0.323 e. The van der Waals surface area contributed by atoms with Gasteiger partial charge in [0.1, 0.15) is 29.3 Å². The van der Waals surface area contributed by atoms with E-state index in [9.17, 15) is 18.7 Å². The van der Waals surface area contributed by atoms with E-state index in [2.05, 4.69) is 35.3 Å². The van der Waals surface area contributed by atoms with Crippen molar-refractivity contribution in [1.29, 1.82) is 0 Å². The van der Waals surface area contributed by atoms with E-state index in [4.69, 9.17) is 0 Å². The second kappa shape index (κ2) is 12.0. The number of anilines is 2. The molecule has 0 radical (unpaired) electrons. The van der Waals surface area contributed by atoms with Crippen LogP contribution in [0.2, 0.25) is 0 Å². The summed E-state index contributed by atoms with van der Waals surface area (Å²) < 4.78 is 61.3.